The van der Waals surface area contributed by atoms with Crippen molar-refractivity contribution >= 4 is 27.7 Å². The summed E-state index contributed by atoms with van der Waals surface area (Å²) in [4.78, 5) is 21.7. The highest BCUT2D eigenvalue weighted by Crippen LogP contribution is 2.25. The van der Waals surface area contributed by atoms with Crippen LogP contribution in [0.5, 0.6) is 0 Å². The van der Waals surface area contributed by atoms with Crippen molar-refractivity contribution in [2.24, 2.45) is 0 Å². The summed E-state index contributed by atoms with van der Waals surface area (Å²) >= 11 is 1.36. The third kappa shape index (κ3) is 6.10. The van der Waals surface area contributed by atoms with E-state index in [0.29, 0.717) is 31.2 Å². The first-order valence-corrected chi connectivity index (χ1v) is 13.3. The van der Waals surface area contributed by atoms with Crippen molar-refractivity contribution in [2.45, 2.75) is 42.5 Å². The molecule has 1 aromatic carbocycles. The van der Waals surface area contributed by atoms with Crippen LogP contribution in [-0.2, 0) is 21.4 Å². The standard InChI is InChI=1S/C23H32N4O3S2/c1-4-27(5-2)32(29,30)21-11-12-22(24-17-21)31-19(3)23(28)26-15-13-25(14-16-26)18-20-9-7-6-8-10-20/h6-12,17,19H,4-5,13-16,18H2,1-3H3. The molecule has 3 rings (SSSR count). The molecule has 7 nitrogen and oxygen atoms in total. The third-order valence-corrected chi connectivity index (χ3v) is 8.70. The molecule has 1 aromatic heterocycles. The van der Waals surface area contributed by atoms with Crippen LogP contribution in [0.2, 0.25) is 0 Å². The molecule has 2 aromatic rings. The molecule has 1 fully saturated rings. The summed E-state index contributed by atoms with van der Waals surface area (Å²) in [6.45, 7) is 10.4. The van der Waals surface area contributed by atoms with Gasteiger partial charge in [0.2, 0.25) is 15.9 Å². The fraction of sp³-hybridized carbons (Fsp3) is 0.478. The van der Waals surface area contributed by atoms with Crippen molar-refractivity contribution in [3.63, 3.8) is 0 Å². The summed E-state index contributed by atoms with van der Waals surface area (Å²) in [5.74, 6) is 0.0935. The van der Waals surface area contributed by atoms with Crippen LogP contribution in [0.25, 0.3) is 0 Å². The van der Waals surface area contributed by atoms with Crippen LogP contribution < -0.4 is 0 Å². The molecule has 2 heterocycles. The lowest BCUT2D eigenvalue weighted by molar-refractivity contribution is -0.132. The number of pyridine rings is 1. The van der Waals surface area contributed by atoms with E-state index in [1.54, 1.807) is 12.1 Å². The first-order chi connectivity index (χ1) is 15.3. The van der Waals surface area contributed by atoms with Gasteiger partial charge in [-0.3, -0.25) is 9.69 Å². The number of carbonyl (C=O) groups is 1. The number of piperazine rings is 1. The highest BCUT2D eigenvalue weighted by molar-refractivity contribution is 8.00. The molecule has 0 saturated carbocycles. The highest BCUT2D eigenvalue weighted by Gasteiger charge is 2.26. The molecular weight excluding hydrogens is 444 g/mol. The summed E-state index contributed by atoms with van der Waals surface area (Å²) in [6.07, 6.45) is 1.38. The van der Waals surface area contributed by atoms with E-state index in [1.807, 2.05) is 43.9 Å². The van der Waals surface area contributed by atoms with Gasteiger partial charge in [0.1, 0.15) is 4.90 Å². The minimum atomic E-state index is -3.53. The van der Waals surface area contributed by atoms with Gasteiger partial charge in [0.15, 0.2) is 0 Å². The maximum atomic E-state index is 12.9. The number of hydrogen-bond donors (Lipinski definition) is 0. The minimum Gasteiger partial charge on any atom is -0.339 e. The van der Waals surface area contributed by atoms with Crippen molar-refractivity contribution in [3.05, 3.63) is 54.2 Å². The fourth-order valence-electron chi connectivity index (χ4n) is 3.76. The van der Waals surface area contributed by atoms with Crippen molar-refractivity contribution in [2.75, 3.05) is 39.3 Å². The van der Waals surface area contributed by atoms with Gasteiger partial charge >= 0.3 is 0 Å². The lowest BCUT2D eigenvalue weighted by Crippen LogP contribution is -2.50. The SMILES string of the molecule is CCN(CC)S(=O)(=O)c1ccc(SC(C)C(=O)N2CCN(Cc3ccccc3)CC2)nc1. The first-order valence-electron chi connectivity index (χ1n) is 11.0. The molecular formula is C23H32N4O3S2. The van der Waals surface area contributed by atoms with E-state index < -0.39 is 10.0 Å². The third-order valence-electron chi connectivity index (χ3n) is 5.63. The van der Waals surface area contributed by atoms with Crippen LogP contribution >= 0.6 is 11.8 Å². The zero-order chi connectivity index (χ0) is 23.1. The lowest BCUT2D eigenvalue weighted by atomic mass is 10.2. The van der Waals surface area contributed by atoms with Gasteiger partial charge in [-0.25, -0.2) is 13.4 Å². The predicted octanol–water partition coefficient (Wildman–Crippen LogP) is 2.94. The minimum absolute atomic E-state index is 0.0935. The smallest absolute Gasteiger partial charge is 0.244 e. The molecule has 1 saturated heterocycles. The van der Waals surface area contributed by atoms with Crippen molar-refractivity contribution in [1.29, 1.82) is 0 Å². The Hall–Kier alpha value is -1.94. The Morgan fingerprint density at radius 2 is 1.72 bits per heavy atom. The second-order valence-corrected chi connectivity index (χ2v) is 11.1. The molecule has 1 unspecified atom stereocenters. The zero-order valence-corrected chi connectivity index (χ0v) is 20.6. The van der Waals surface area contributed by atoms with Crippen LogP contribution in [0.1, 0.15) is 26.3 Å². The highest BCUT2D eigenvalue weighted by atomic mass is 32.2. The number of sulfonamides is 1. The number of benzene rings is 1. The zero-order valence-electron chi connectivity index (χ0n) is 19.0. The van der Waals surface area contributed by atoms with Crippen LogP contribution in [0.3, 0.4) is 0 Å². The van der Waals surface area contributed by atoms with E-state index in [0.717, 1.165) is 19.6 Å². The van der Waals surface area contributed by atoms with Gasteiger partial charge in [0, 0.05) is 52.0 Å². The Morgan fingerprint density at radius 1 is 1.06 bits per heavy atom. The van der Waals surface area contributed by atoms with Gasteiger partial charge in [-0.1, -0.05) is 55.9 Å². The lowest BCUT2D eigenvalue weighted by Gasteiger charge is -2.35. The Bertz CT molecular complexity index is 972. The summed E-state index contributed by atoms with van der Waals surface area (Å²) < 4.78 is 26.6. The molecule has 0 aliphatic carbocycles. The molecule has 1 atom stereocenters. The molecule has 0 bridgehead atoms. The summed E-state index contributed by atoms with van der Waals surface area (Å²) in [7, 11) is -3.53. The van der Waals surface area contributed by atoms with Crippen molar-refractivity contribution in [3.8, 4) is 0 Å². The number of thioether (sulfide) groups is 1. The Kier molecular flexibility index (Phi) is 8.70. The molecule has 9 heteroatoms. The van der Waals surface area contributed by atoms with E-state index >= 15 is 0 Å². The second-order valence-electron chi connectivity index (χ2n) is 7.77. The monoisotopic (exact) mass is 476 g/mol. The van der Waals surface area contributed by atoms with Crippen LogP contribution in [-0.4, -0.2) is 77.9 Å². The van der Waals surface area contributed by atoms with Gasteiger partial charge in [-0.15, -0.1) is 0 Å². The van der Waals surface area contributed by atoms with Crippen molar-refractivity contribution < 1.29 is 13.2 Å². The molecule has 1 aliphatic heterocycles. The predicted molar refractivity (Wildman–Crippen MR) is 128 cm³/mol. The van der Waals surface area contributed by atoms with Gasteiger partial charge in [0.25, 0.3) is 0 Å². The maximum Gasteiger partial charge on any atom is 0.244 e. The Morgan fingerprint density at radius 3 is 2.28 bits per heavy atom. The Labute approximate surface area is 195 Å². The number of carbonyl (C=O) groups excluding carboxylic acids is 1. The van der Waals surface area contributed by atoms with E-state index in [-0.39, 0.29) is 16.1 Å². The topological polar surface area (TPSA) is 73.8 Å². The van der Waals surface area contributed by atoms with Gasteiger partial charge in [-0.05, 0) is 24.6 Å². The summed E-state index contributed by atoms with van der Waals surface area (Å²) in [5, 5.41) is 0.362. The molecule has 1 aliphatic rings. The fourth-order valence-corrected chi connectivity index (χ4v) is 6.03. The molecule has 174 valence electrons. The normalized spacial score (nSPS) is 16.3. The quantitative estimate of drug-likeness (QED) is 0.518. The summed E-state index contributed by atoms with van der Waals surface area (Å²) in [5.41, 5.74) is 1.29. The van der Waals surface area contributed by atoms with Gasteiger partial charge in [0.05, 0.1) is 10.3 Å². The second kappa shape index (κ2) is 11.3. The average Bonchev–Trinajstić information content (AvgIpc) is 2.81. The van der Waals surface area contributed by atoms with E-state index in [4.69, 9.17) is 0 Å². The number of nitrogens with zero attached hydrogens (tertiary/aromatic N) is 4. The van der Waals surface area contributed by atoms with Gasteiger partial charge < -0.3 is 4.90 Å². The van der Waals surface area contributed by atoms with Crippen LogP contribution in [0.4, 0.5) is 0 Å². The largest absolute Gasteiger partial charge is 0.339 e. The van der Waals surface area contributed by atoms with E-state index in [9.17, 15) is 13.2 Å². The van der Waals surface area contributed by atoms with E-state index in [1.165, 1.54) is 27.8 Å². The number of rotatable bonds is 9. The summed E-state index contributed by atoms with van der Waals surface area (Å²) in [6, 6.07) is 13.6. The maximum absolute atomic E-state index is 12.9. The average molecular weight is 477 g/mol. The Balaban J connectivity index is 1.52. The number of hydrogen-bond acceptors (Lipinski definition) is 6. The van der Waals surface area contributed by atoms with Crippen LogP contribution in [0.15, 0.2) is 58.6 Å². The molecule has 0 radical (unpaired) electrons. The molecule has 32 heavy (non-hydrogen) atoms. The van der Waals surface area contributed by atoms with Crippen LogP contribution in [0, 0.1) is 0 Å². The number of amides is 1. The molecule has 0 spiro atoms. The first kappa shape index (κ1) is 24.7. The van der Waals surface area contributed by atoms with E-state index in [2.05, 4.69) is 22.0 Å². The molecule has 0 N–H and O–H groups in total. The van der Waals surface area contributed by atoms with Crippen molar-refractivity contribution in [1.82, 2.24) is 19.1 Å². The molecule has 1 amide bonds. The number of aromatic nitrogens is 1. The van der Waals surface area contributed by atoms with Gasteiger partial charge in [-0.2, -0.15) is 4.31 Å².